The zero-order chi connectivity index (χ0) is 20.8. The van der Waals surface area contributed by atoms with Gasteiger partial charge in [0.2, 0.25) is 0 Å². The first-order chi connectivity index (χ1) is 13.8. The Morgan fingerprint density at radius 1 is 1.14 bits per heavy atom. The largest absolute Gasteiger partial charge is 0.469 e. The van der Waals surface area contributed by atoms with E-state index in [0.717, 1.165) is 5.56 Å². The van der Waals surface area contributed by atoms with Crippen molar-refractivity contribution in [1.29, 1.82) is 0 Å². The lowest BCUT2D eigenvalue weighted by Gasteiger charge is -2.23. The van der Waals surface area contributed by atoms with Gasteiger partial charge in [0.1, 0.15) is 5.76 Å². The molecule has 6 heteroatoms. The molecule has 0 fully saturated rings. The van der Waals surface area contributed by atoms with Crippen LogP contribution in [0.25, 0.3) is 0 Å². The minimum Gasteiger partial charge on any atom is -0.469 e. The number of aryl methyl sites for hydroxylation is 2. The quantitative estimate of drug-likeness (QED) is 0.627. The van der Waals surface area contributed by atoms with Gasteiger partial charge >= 0.3 is 0 Å². The number of fused-ring (bicyclic) bond motifs is 1. The predicted octanol–water partition coefficient (Wildman–Crippen LogP) is 4.56. The number of nitrogens with zero attached hydrogens (tertiary/aromatic N) is 1. The number of aliphatic hydroxyl groups is 1. The number of carbonyl (C=O) groups excluding carboxylic acids is 2. The average molecular weight is 410 g/mol. The van der Waals surface area contributed by atoms with Gasteiger partial charge < -0.3 is 14.4 Å². The van der Waals surface area contributed by atoms with Gasteiger partial charge in [-0.3, -0.25) is 9.59 Å². The minimum absolute atomic E-state index is 0.271. The van der Waals surface area contributed by atoms with Crippen LogP contribution in [0.1, 0.15) is 39.2 Å². The third kappa shape index (κ3) is 3.26. The van der Waals surface area contributed by atoms with Crippen molar-refractivity contribution in [2.24, 2.45) is 0 Å². The van der Waals surface area contributed by atoms with E-state index in [1.165, 1.54) is 11.2 Å². The fourth-order valence-corrected chi connectivity index (χ4v) is 4.04. The van der Waals surface area contributed by atoms with Gasteiger partial charge in [0.25, 0.3) is 5.91 Å². The van der Waals surface area contributed by atoms with E-state index < -0.39 is 11.5 Å². The molecule has 0 saturated heterocycles. The monoisotopic (exact) mass is 409 g/mol. The summed E-state index contributed by atoms with van der Waals surface area (Å²) in [6.07, 6.45) is 1.16. The van der Waals surface area contributed by atoms with E-state index in [1.54, 1.807) is 50.2 Å². The molecular formula is C23H20ClNO4. The molecule has 1 amide bonds. The third-order valence-corrected chi connectivity index (χ3v) is 5.60. The molecule has 1 aliphatic heterocycles. The van der Waals surface area contributed by atoms with Crippen molar-refractivity contribution in [3.05, 3.63) is 87.8 Å². The van der Waals surface area contributed by atoms with Crippen LogP contribution in [-0.4, -0.2) is 16.8 Å². The minimum atomic E-state index is -1.92. The molecule has 1 aliphatic rings. The van der Waals surface area contributed by atoms with Gasteiger partial charge in [0, 0.05) is 10.6 Å². The van der Waals surface area contributed by atoms with Gasteiger partial charge in [-0.2, -0.15) is 0 Å². The first kappa shape index (κ1) is 19.4. The Morgan fingerprint density at radius 2 is 1.83 bits per heavy atom. The SMILES string of the molecule is Cc1coc(C)c1C(=O)CC1(O)C(=O)N(Cc2ccc(Cl)cc2)c2ccccc21. The number of anilines is 1. The molecule has 3 aromatic rings. The first-order valence-corrected chi connectivity index (χ1v) is 9.65. The first-order valence-electron chi connectivity index (χ1n) is 9.27. The average Bonchev–Trinajstić information content (AvgIpc) is 3.14. The summed E-state index contributed by atoms with van der Waals surface area (Å²) in [7, 11) is 0. The van der Waals surface area contributed by atoms with Crippen LogP contribution in [0.2, 0.25) is 5.02 Å². The predicted molar refractivity (Wildman–Crippen MR) is 110 cm³/mol. The van der Waals surface area contributed by atoms with Crippen molar-refractivity contribution in [3.8, 4) is 0 Å². The molecule has 0 spiro atoms. The highest BCUT2D eigenvalue weighted by Crippen LogP contribution is 2.43. The molecule has 1 atom stereocenters. The maximum absolute atomic E-state index is 13.3. The van der Waals surface area contributed by atoms with Crippen LogP contribution in [0.4, 0.5) is 5.69 Å². The summed E-state index contributed by atoms with van der Waals surface area (Å²) in [4.78, 5) is 27.8. The summed E-state index contributed by atoms with van der Waals surface area (Å²) in [6, 6.07) is 14.2. The topological polar surface area (TPSA) is 70.7 Å². The molecule has 2 heterocycles. The van der Waals surface area contributed by atoms with Crippen LogP contribution in [0.5, 0.6) is 0 Å². The zero-order valence-corrected chi connectivity index (χ0v) is 16.9. The number of rotatable bonds is 5. The molecular weight excluding hydrogens is 390 g/mol. The Morgan fingerprint density at radius 3 is 2.48 bits per heavy atom. The lowest BCUT2D eigenvalue weighted by Crippen LogP contribution is -2.41. The number of furan rings is 1. The number of amides is 1. The summed E-state index contributed by atoms with van der Waals surface area (Å²) in [6.45, 7) is 3.74. The van der Waals surface area contributed by atoms with Crippen LogP contribution >= 0.6 is 11.6 Å². The Labute approximate surface area is 173 Å². The summed E-state index contributed by atoms with van der Waals surface area (Å²) < 4.78 is 5.31. The molecule has 5 nitrogen and oxygen atoms in total. The number of hydrogen-bond acceptors (Lipinski definition) is 4. The summed E-state index contributed by atoms with van der Waals surface area (Å²) >= 11 is 5.95. The van der Waals surface area contributed by atoms with Crippen LogP contribution in [0.3, 0.4) is 0 Å². The Bertz CT molecular complexity index is 1080. The second-order valence-electron chi connectivity index (χ2n) is 7.35. The van der Waals surface area contributed by atoms with Crippen molar-refractivity contribution in [2.45, 2.75) is 32.4 Å². The van der Waals surface area contributed by atoms with E-state index >= 15 is 0 Å². The van der Waals surface area contributed by atoms with Crippen molar-refractivity contribution in [1.82, 2.24) is 0 Å². The molecule has 0 aliphatic carbocycles. The maximum atomic E-state index is 13.3. The van der Waals surface area contributed by atoms with E-state index in [0.29, 0.717) is 33.2 Å². The number of Topliss-reactive ketones (excluding diaryl/α,β-unsaturated/α-hetero) is 1. The van der Waals surface area contributed by atoms with Crippen molar-refractivity contribution in [3.63, 3.8) is 0 Å². The molecule has 148 valence electrons. The normalized spacial score (nSPS) is 18.2. The molecule has 1 unspecified atom stereocenters. The lowest BCUT2D eigenvalue weighted by molar-refractivity contribution is -0.136. The van der Waals surface area contributed by atoms with Crippen LogP contribution in [0.15, 0.2) is 59.2 Å². The summed E-state index contributed by atoms with van der Waals surface area (Å²) in [5.41, 5.74) is 1.09. The molecule has 1 N–H and O–H groups in total. The number of benzene rings is 2. The summed E-state index contributed by atoms with van der Waals surface area (Å²) in [5.74, 6) is -0.360. The molecule has 0 radical (unpaired) electrons. The van der Waals surface area contributed by atoms with E-state index in [9.17, 15) is 14.7 Å². The second-order valence-corrected chi connectivity index (χ2v) is 7.78. The van der Waals surface area contributed by atoms with Gasteiger partial charge in [0.15, 0.2) is 11.4 Å². The Kier molecular flexibility index (Phi) is 4.81. The number of para-hydroxylation sites is 1. The highest BCUT2D eigenvalue weighted by atomic mass is 35.5. The van der Waals surface area contributed by atoms with Crippen molar-refractivity contribution >= 4 is 29.0 Å². The van der Waals surface area contributed by atoms with Crippen molar-refractivity contribution < 1.29 is 19.1 Å². The van der Waals surface area contributed by atoms with E-state index in [-0.39, 0.29) is 18.7 Å². The molecule has 1 aromatic heterocycles. The number of carbonyl (C=O) groups is 2. The maximum Gasteiger partial charge on any atom is 0.264 e. The number of hydrogen-bond donors (Lipinski definition) is 1. The zero-order valence-electron chi connectivity index (χ0n) is 16.1. The van der Waals surface area contributed by atoms with Gasteiger partial charge in [0.05, 0.1) is 30.5 Å². The Balaban J connectivity index is 1.69. The van der Waals surface area contributed by atoms with Crippen LogP contribution < -0.4 is 4.90 Å². The molecule has 29 heavy (non-hydrogen) atoms. The van der Waals surface area contributed by atoms with Crippen molar-refractivity contribution in [2.75, 3.05) is 4.90 Å². The fourth-order valence-electron chi connectivity index (χ4n) is 3.92. The lowest BCUT2D eigenvalue weighted by atomic mass is 9.87. The molecule has 4 rings (SSSR count). The van der Waals surface area contributed by atoms with E-state index in [4.69, 9.17) is 16.0 Å². The van der Waals surface area contributed by atoms with Crippen LogP contribution in [-0.2, 0) is 16.9 Å². The number of ketones is 1. The highest BCUT2D eigenvalue weighted by molar-refractivity contribution is 6.30. The van der Waals surface area contributed by atoms with Gasteiger partial charge in [-0.05, 0) is 43.2 Å². The second kappa shape index (κ2) is 7.17. The van der Waals surface area contributed by atoms with Gasteiger partial charge in [-0.25, -0.2) is 0 Å². The summed E-state index contributed by atoms with van der Waals surface area (Å²) in [5, 5.41) is 12.0. The molecule has 2 aromatic carbocycles. The van der Waals surface area contributed by atoms with E-state index in [2.05, 4.69) is 0 Å². The standard InChI is InChI=1S/C23H20ClNO4/c1-14-13-29-15(2)21(14)20(26)11-23(28)18-5-3-4-6-19(18)25(22(23)27)12-16-7-9-17(24)10-8-16/h3-10,13,28H,11-12H2,1-2H3. The van der Waals surface area contributed by atoms with E-state index in [1.807, 2.05) is 12.1 Å². The smallest absolute Gasteiger partial charge is 0.264 e. The number of halogens is 1. The highest BCUT2D eigenvalue weighted by Gasteiger charge is 2.51. The fraction of sp³-hybridized carbons (Fsp3) is 0.217. The van der Waals surface area contributed by atoms with Crippen LogP contribution in [0, 0.1) is 13.8 Å². The third-order valence-electron chi connectivity index (χ3n) is 5.35. The Hall–Kier alpha value is -2.89. The van der Waals surface area contributed by atoms with Gasteiger partial charge in [-0.15, -0.1) is 0 Å². The molecule has 0 saturated carbocycles. The van der Waals surface area contributed by atoms with Gasteiger partial charge in [-0.1, -0.05) is 41.9 Å². The molecule has 0 bridgehead atoms.